The number of aromatic amines is 1. The van der Waals surface area contributed by atoms with Crippen LogP contribution in [-0.4, -0.2) is 75.1 Å². The molecular weight excluding hydrogens is 532 g/mol. The van der Waals surface area contributed by atoms with E-state index in [1.807, 2.05) is 54.6 Å². The van der Waals surface area contributed by atoms with Gasteiger partial charge in [-0.2, -0.15) is 0 Å². The van der Waals surface area contributed by atoms with Crippen LogP contribution < -0.4 is 27.4 Å². The number of carboxylic acids is 1. The SMILES string of the molecule is CC(O)C(NC(=O)C(Cc1c[nH]c2ccccc12)NC(=O)C(N)Cc1ccccc1)C(=O)NC(CC(N)=O)C(=O)O. The second-order valence-electron chi connectivity index (χ2n) is 9.72. The maximum absolute atomic E-state index is 13.5. The molecule has 0 saturated heterocycles. The molecule has 1 heterocycles. The number of aromatic nitrogens is 1. The fourth-order valence-corrected chi connectivity index (χ4v) is 4.29. The van der Waals surface area contributed by atoms with E-state index in [0.717, 1.165) is 16.5 Å². The number of para-hydroxylation sites is 1. The average Bonchev–Trinajstić information content (AvgIpc) is 3.33. The van der Waals surface area contributed by atoms with Crippen molar-refractivity contribution in [2.45, 2.75) is 56.5 Å². The standard InChI is InChI=1S/C28H34N6O7/c1-15(35)24(27(39)33-22(28(40)41)13-23(30)36)34-26(38)21(12-17-14-31-20-10-6-5-9-18(17)20)32-25(37)19(29)11-16-7-3-2-4-8-16/h2-10,14-15,19,21-22,24,31,35H,11-13,29H2,1H3,(H2,30,36)(H,32,37)(H,33,39)(H,34,38)(H,40,41). The summed E-state index contributed by atoms with van der Waals surface area (Å²) >= 11 is 0. The molecule has 10 N–H and O–H groups in total. The van der Waals surface area contributed by atoms with E-state index in [4.69, 9.17) is 11.5 Å². The van der Waals surface area contributed by atoms with E-state index >= 15 is 0 Å². The summed E-state index contributed by atoms with van der Waals surface area (Å²) in [5.74, 6) is -4.98. The molecule has 0 aliphatic rings. The minimum absolute atomic E-state index is 0.00716. The summed E-state index contributed by atoms with van der Waals surface area (Å²) in [7, 11) is 0. The Hall–Kier alpha value is -4.75. The van der Waals surface area contributed by atoms with Crippen LogP contribution in [0.15, 0.2) is 60.8 Å². The molecule has 1 aromatic heterocycles. The minimum atomic E-state index is -1.67. The van der Waals surface area contributed by atoms with E-state index in [1.165, 1.54) is 6.92 Å². The zero-order chi connectivity index (χ0) is 30.1. The number of primary amides is 1. The van der Waals surface area contributed by atoms with Gasteiger partial charge in [-0.3, -0.25) is 19.2 Å². The van der Waals surface area contributed by atoms with Crippen molar-refractivity contribution in [3.63, 3.8) is 0 Å². The molecule has 13 heteroatoms. The Bertz CT molecular complexity index is 1390. The number of aliphatic hydroxyl groups excluding tert-OH is 1. The van der Waals surface area contributed by atoms with Crippen LogP contribution in [0.4, 0.5) is 0 Å². The molecule has 0 saturated carbocycles. The molecule has 13 nitrogen and oxygen atoms in total. The monoisotopic (exact) mass is 566 g/mol. The number of hydrogen-bond donors (Lipinski definition) is 8. The fraction of sp³-hybridized carbons (Fsp3) is 0.321. The number of hydrogen-bond acceptors (Lipinski definition) is 7. The average molecular weight is 567 g/mol. The molecule has 5 atom stereocenters. The van der Waals surface area contributed by atoms with Crippen molar-refractivity contribution in [3.8, 4) is 0 Å². The quantitative estimate of drug-likeness (QED) is 0.121. The summed E-state index contributed by atoms with van der Waals surface area (Å²) < 4.78 is 0. The number of aliphatic carboxylic acids is 1. The molecule has 218 valence electrons. The van der Waals surface area contributed by atoms with Crippen LogP contribution in [-0.2, 0) is 36.8 Å². The van der Waals surface area contributed by atoms with Crippen LogP contribution in [0.5, 0.6) is 0 Å². The first-order chi connectivity index (χ1) is 19.5. The second kappa shape index (κ2) is 14.1. The zero-order valence-electron chi connectivity index (χ0n) is 22.4. The molecule has 0 bridgehead atoms. The van der Waals surface area contributed by atoms with Crippen molar-refractivity contribution in [3.05, 3.63) is 71.9 Å². The molecule has 3 rings (SSSR count). The van der Waals surface area contributed by atoms with Crippen LogP contribution in [0.3, 0.4) is 0 Å². The van der Waals surface area contributed by atoms with Gasteiger partial charge in [-0.05, 0) is 30.5 Å². The van der Waals surface area contributed by atoms with E-state index < -0.39 is 66.3 Å². The lowest BCUT2D eigenvalue weighted by Crippen LogP contribution is -2.60. The molecule has 3 aromatic rings. The van der Waals surface area contributed by atoms with Crippen LogP contribution >= 0.6 is 0 Å². The number of amides is 4. The van der Waals surface area contributed by atoms with Gasteiger partial charge in [0.2, 0.25) is 23.6 Å². The summed E-state index contributed by atoms with van der Waals surface area (Å²) in [4.78, 5) is 65.2. The van der Waals surface area contributed by atoms with E-state index in [1.54, 1.807) is 6.20 Å². The van der Waals surface area contributed by atoms with Crippen LogP contribution in [0, 0.1) is 0 Å². The fourth-order valence-electron chi connectivity index (χ4n) is 4.29. The van der Waals surface area contributed by atoms with E-state index in [0.29, 0.717) is 5.56 Å². The first kappa shape index (κ1) is 30.8. The maximum atomic E-state index is 13.5. The summed E-state index contributed by atoms with van der Waals surface area (Å²) in [6, 6.07) is 10.9. The Morgan fingerprint density at radius 2 is 1.49 bits per heavy atom. The number of nitrogens with two attached hydrogens (primary N) is 2. The highest BCUT2D eigenvalue weighted by Crippen LogP contribution is 2.19. The van der Waals surface area contributed by atoms with Crippen molar-refractivity contribution in [1.29, 1.82) is 0 Å². The molecule has 2 aromatic carbocycles. The highest BCUT2D eigenvalue weighted by molar-refractivity contribution is 5.95. The van der Waals surface area contributed by atoms with Gasteiger partial charge in [0.25, 0.3) is 0 Å². The molecule has 0 spiro atoms. The summed E-state index contributed by atoms with van der Waals surface area (Å²) in [6.45, 7) is 1.22. The third-order valence-corrected chi connectivity index (χ3v) is 6.45. The summed E-state index contributed by atoms with van der Waals surface area (Å²) in [6.07, 6.45) is -0.246. The molecule has 0 fully saturated rings. The third-order valence-electron chi connectivity index (χ3n) is 6.45. The maximum Gasteiger partial charge on any atom is 0.326 e. The van der Waals surface area contributed by atoms with Crippen molar-refractivity contribution in [2.24, 2.45) is 11.5 Å². The highest BCUT2D eigenvalue weighted by Gasteiger charge is 2.33. The molecule has 0 aliphatic carbocycles. The molecular formula is C28H34N6O7. The lowest BCUT2D eigenvalue weighted by molar-refractivity contribution is -0.144. The minimum Gasteiger partial charge on any atom is -0.480 e. The first-order valence-electron chi connectivity index (χ1n) is 12.9. The van der Waals surface area contributed by atoms with Gasteiger partial charge < -0.3 is 42.6 Å². The summed E-state index contributed by atoms with van der Waals surface area (Å²) in [5, 5.41) is 27.5. The summed E-state index contributed by atoms with van der Waals surface area (Å²) in [5.41, 5.74) is 13.5. The number of rotatable bonds is 14. The molecule has 4 amide bonds. The van der Waals surface area contributed by atoms with Crippen LogP contribution in [0.1, 0.15) is 24.5 Å². The number of carboxylic acid groups (broad SMARTS) is 1. The number of benzene rings is 2. The lowest BCUT2D eigenvalue weighted by atomic mass is 10.0. The van der Waals surface area contributed by atoms with E-state index in [-0.39, 0.29) is 12.8 Å². The first-order valence-corrected chi connectivity index (χ1v) is 12.9. The van der Waals surface area contributed by atoms with Gasteiger partial charge in [0, 0.05) is 23.5 Å². The van der Waals surface area contributed by atoms with Crippen LogP contribution in [0.25, 0.3) is 10.9 Å². The zero-order valence-corrected chi connectivity index (χ0v) is 22.4. The Balaban J connectivity index is 1.82. The van der Waals surface area contributed by atoms with Gasteiger partial charge >= 0.3 is 5.97 Å². The van der Waals surface area contributed by atoms with Crippen molar-refractivity contribution < 1.29 is 34.2 Å². The smallest absolute Gasteiger partial charge is 0.326 e. The van der Waals surface area contributed by atoms with Gasteiger partial charge in [0.1, 0.15) is 18.1 Å². The predicted molar refractivity (Wildman–Crippen MR) is 149 cm³/mol. The number of carbonyl (C=O) groups is 5. The number of fused-ring (bicyclic) bond motifs is 1. The van der Waals surface area contributed by atoms with E-state index in [2.05, 4.69) is 20.9 Å². The lowest BCUT2D eigenvalue weighted by Gasteiger charge is -2.26. The Morgan fingerprint density at radius 1 is 0.854 bits per heavy atom. The Kier molecular flexibility index (Phi) is 10.6. The van der Waals surface area contributed by atoms with Crippen molar-refractivity contribution in [2.75, 3.05) is 0 Å². The largest absolute Gasteiger partial charge is 0.480 e. The Morgan fingerprint density at radius 3 is 2.12 bits per heavy atom. The molecule has 0 aliphatic heterocycles. The van der Waals surface area contributed by atoms with Gasteiger partial charge in [0.15, 0.2) is 0 Å². The van der Waals surface area contributed by atoms with Gasteiger partial charge in [-0.1, -0.05) is 48.5 Å². The molecule has 0 radical (unpaired) electrons. The highest BCUT2D eigenvalue weighted by atomic mass is 16.4. The van der Waals surface area contributed by atoms with E-state index in [9.17, 15) is 34.2 Å². The number of aliphatic hydroxyl groups is 1. The number of carbonyl (C=O) groups excluding carboxylic acids is 4. The van der Waals surface area contributed by atoms with Crippen molar-refractivity contribution in [1.82, 2.24) is 20.9 Å². The normalized spacial score (nSPS) is 14.7. The van der Waals surface area contributed by atoms with Gasteiger partial charge in [0.05, 0.1) is 18.6 Å². The number of nitrogens with one attached hydrogen (secondary N) is 4. The second-order valence-corrected chi connectivity index (χ2v) is 9.72. The number of H-pyrrole nitrogens is 1. The Labute approximate surface area is 235 Å². The van der Waals surface area contributed by atoms with Crippen molar-refractivity contribution >= 4 is 40.5 Å². The third kappa shape index (κ3) is 8.62. The predicted octanol–water partition coefficient (Wildman–Crippen LogP) is -0.924. The molecule has 41 heavy (non-hydrogen) atoms. The van der Waals surface area contributed by atoms with Gasteiger partial charge in [-0.15, -0.1) is 0 Å². The molecule has 5 unspecified atom stereocenters. The van der Waals surface area contributed by atoms with Gasteiger partial charge in [-0.25, -0.2) is 4.79 Å². The van der Waals surface area contributed by atoms with Crippen LogP contribution in [0.2, 0.25) is 0 Å². The topological polar surface area (TPSA) is 230 Å².